The Kier molecular flexibility index (Phi) is 5.74. The van der Waals surface area contributed by atoms with Crippen molar-refractivity contribution in [3.05, 3.63) is 120 Å². The molecule has 0 aliphatic carbocycles. The van der Waals surface area contributed by atoms with Crippen molar-refractivity contribution in [1.82, 2.24) is 9.47 Å². The number of hydrogen-bond acceptors (Lipinski definition) is 1. The second-order valence-corrected chi connectivity index (χ2v) is 8.44. The first kappa shape index (κ1) is 22.0. The molecule has 4 aromatic rings. The first-order valence-corrected chi connectivity index (χ1v) is 11.2. The van der Waals surface area contributed by atoms with Gasteiger partial charge in [0.25, 0.3) is 5.91 Å². The van der Waals surface area contributed by atoms with Crippen LogP contribution in [0.1, 0.15) is 39.6 Å². The lowest BCUT2D eigenvalue weighted by Crippen LogP contribution is -2.35. The van der Waals surface area contributed by atoms with Crippen molar-refractivity contribution < 1.29 is 18.0 Å². The van der Waals surface area contributed by atoms with Crippen LogP contribution in [0.15, 0.2) is 97.2 Å². The van der Waals surface area contributed by atoms with Crippen LogP contribution in [0.2, 0.25) is 0 Å². The van der Waals surface area contributed by atoms with E-state index in [1.54, 1.807) is 4.90 Å². The molecule has 0 spiro atoms. The Morgan fingerprint density at radius 3 is 2.12 bits per heavy atom. The van der Waals surface area contributed by atoms with Gasteiger partial charge in [0.05, 0.1) is 11.6 Å². The zero-order valence-corrected chi connectivity index (χ0v) is 18.4. The largest absolute Gasteiger partial charge is 0.416 e. The van der Waals surface area contributed by atoms with E-state index in [1.165, 1.54) is 12.1 Å². The predicted octanol–water partition coefficient (Wildman–Crippen LogP) is 6.81. The van der Waals surface area contributed by atoms with Gasteiger partial charge in [-0.25, -0.2) is 0 Å². The van der Waals surface area contributed by atoms with Crippen molar-refractivity contribution in [1.29, 1.82) is 0 Å². The Morgan fingerprint density at radius 2 is 1.44 bits per heavy atom. The molecule has 6 heteroatoms. The number of fused-ring (bicyclic) bond motifs is 1. The van der Waals surface area contributed by atoms with E-state index in [0.717, 1.165) is 41.9 Å². The summed E-state index contributed by atoms with van der Waals surface area (Å²) in [5.41, 5.74) is 3.49. The van der Waals surface area contributed by atoms with Crippen LogP contribution < -0.4 is 0 Å². The average Bonchev–Trinajstić information content (AvgIpc) is 3.23. The van der Waals surface area contributed by atoms with Crippen molar-refractivity contribution in [2.75, 3.05) is 6.54 Å². The lowest BCUT2D eigenvalue weighted by Gasteiger charge is -2.31. The van der Waals surface area contributed by atoms with Crippen molar-refractivity contribution >= 4 is 5.91 Å². The standard InChI is InChI=1S/C28H23F3N2O/c29-28(30,31)24-15-13-22(14-16-24)26-25-8-4-17-32(25)18-5-19-33(26)27(34)23-11-9-21(10-12-23)20-6-2-1-3-7-20/h1-4,6-17,26H,5,18-19H2. The minimum atomic E-state index is -4.40. The van der Waals surface area contributed by atoms with Crippen LogP contribution in [0.4, 0.5) is 13.2 Å². The van der Waals surface area contributed by atoms with E-state index in [-0.39, 0.29) is 5.91 Å². The molecule has 0 bridgehead atoms. The molecule has 34 heavy (non-hydrogen) atoms. The zero-order chi connectivity index (χ0) is 23.7. The number of carbonyl (C=O) groups is 1. The van der Waals surface area contributed by atoms with Gasteiger partial charge in [0, 0.05) is 30.5 Å². The van der Waals surface area contributed by atoms with Crippen LogP contribution in [0.5, 0.6) is 0 Å². The molecular weight excluding hydrogens is 437 g/mol. The first-order chi connectivity index (χ1) is 16.4. The molecule has 0 saturated heterocycles. The highest BCUT2D eigenvalue weighted by atomic mass is 19.4. The molecule has 0 N–H and O–H groups in total. The summed E-state index contributed by atoms with van der Waals surface area (Å²) in [6.45, 7) is 1.25. The SMILES string of the molecule is O=C(c1ccc(-c2ccccc2)cc1)N1CCCn2cccc2C1c1ccc(C(F)(F)F)cc1. The monoisotopic (exact) mass is 460 g/mol. The topological polar surface area (TPSA) is 25.2 Å². The van der Waals surface area contributed by atoms with Gasteiger partial charge in [-0.05, 0) is 59.5 Å². The number of amides is 1. The normalized spacial score (nSPS) is 16.1. The van der Waals surface area contributed by atoms with E-state index in [0.29, 0.717) is 17.7 Å². The molecule has 1 amide bonds. The van der Waals surface area contributed by atoms with Crippen LogP contribution >= 0.6 is 0 Å². The molecule has 2 heterocycles. The summed E-state index contributed by atoms with van der Waals surface area (Å²) >= 11 is 0. The third-order valence-corrected chi connectivity index (χ3v) is 6.31. The fraction of sp³-hybridized carbons (Fsp3) is 0.179. The summed E-state index contributed by atoms with van der Waals surface area (Å²) in [6, 6.07) is 25.9. The van der Waals surface area contributed by atoms with Crippen molar-refractivity contribution in [2.24, 2.45) is 0 Å². The molecule has 1 unspecified atom stereocenters. The first-order valence-electron chi connectivity index (χ1n) is 11.2. The number of aryl methyl sites for hydroxylation is 1. The Bertz CT molecular complexity index is 1280. The molecule has 1 aliphatic rings. The maximum atomic E-state index is 13.7. The smallest absolute Gasteiger partial charge is 0.349 e. The lowest BCUT2D eigenvalue weighted by molar-refractivity contribution is -0.137. The van der Waals surface area contributed by atoms with Gasteiger partial charge in [-0.15, -0.1) is 0 Å². The van der Waals surface area contributed by atoms with Crippen LogP contribution in [0, 0.1) is 0 Å². The number of nitrogens with zero attached hydrogens (tertiary/aromatic N) is 2. The van der Waals surface area contributed by atoms with E-state index < -0.39 is 17.8 Å². The molecule has 3 aromatic carbocycles. The van der Waals surface area contributed by atoms with E-state index in [9.17, 15) is 18.0 Å². The number of aromatic nitrogens is 1. The highest BCUT2D eigenvalue weighted by Crippen LogP contribution is 2.35. The molecule has 1 aromatic heterocycles. The molecule has 3 nitrogen and oxygen atoms in total. The minimum Gasteiger partial charge on any atom is -0.349 e. The molecular formula is C28H23F3N2O. The van der Waals surface area contributed by atoms with Gasteiger partial charge in [-0.1, -0.05) is 54.6 Å². The lowest BCUT2D eigenvalue weighted by atomic mass is 9.98. The third kappa shape index (κ3) is 4.23. The Labute approximate surface area is 196 Å². The van der Waals surface area contributed by atoms with Crippen LogP contribution in [-0.4, -0.2) is 21.9 Å². The second kappa shape index (κ2) is 8.86. The Morgan fingerprint density at radius 1 is 0.765 bits per heavy atom. The summed E-state index contributed by atoms with van der Waals surface area (Å²) in [5, 5.41) is 0. The second-order valence-electron chi connectivity index (χ2n) is 8.44. The zero-order valence-electron chi connectivity index (χ0n) is 18.4. The molecule has 5 rings (SSSR count). The van der Waals surface area contributed by atoms with E-state index in [1.807, 2.05) is 72.9 Å². The molecule has 0 fully saturated rings. The van der Waals surface area contributed by atoms with Gasteiger partial charge in [0.1, 0.15) is 0 Å². The minimum absolute atomic E-state index is 0.140. The molecule has 0 radical (unpaired) electrons. The number of rotatable bonds is 3. The van der Waals surface area contributed by atoms with Crippen molar-refractivity contribution in [3.8, 4) is 11.1 Å². The van der Waals surface area contributed by atoms with E-state index in [4.69, 9.17) is 0 Å². The summed E-state index contributed by atoms with van der Waals surface area (Å²) in [4.78, 5) is 15.5. The number of carbonyl (C=O) groups excluding carboxylic acids is 1. The van der Waals surface area contributed by atoms with Gasteiger partial charge in [0.2, 0.25) is 0 Å². The number of halogens is 3. The van der Waals surface area contributed by atoms with Crippen molar-refractivity contribution in [2.45, 2.75) is 25.2 Å². The van der Waals surface area contributed by atoms with Gasteiger partial charge >= 0.3 is 6.18 Å². The molecule has 172 valence electrons. The van der Waals surface area contributed by atoms with Crippen LogP contribution in [0.3, 0.4) is 0 Å². The van der Waals surface area contributed by atoms with Crippen LogP contribution in [0.25, 0.3) is 11.1 Å². The fourth-order valence-corrected chi connectivity index (χ4v) is 4.60. The third-order valence-electron chi connectivity index (χ3n) is 6.31. The van der Waals surface area contributed by atoms with Crippen LogP contribution in [-0.2, 0) is 12.7 Å². The van der Waals surface area contributed by atoms with Gasteiger partial charge in [0.15, 0.2) is 0 Å². The van der Waals surface area contributed by atoms with E-state index >= 15 is 0 Å². The molecule has 1 atom stereocenters. The summed E-state index contributed by atoms with van der Waals surface area (Å²) in [7, 11) is 0. The fourth-order valence-electron chi connectivity index (χ4n) is 4.60. The van der Waals surface area contributed by atoms with Gasteiger partial charge in [-0.3, -0.25) is 4.79 Å². The molecule has 0 saturated carbocycles. The van der Waals surface area contributed by atoms with Gasteiger partial charge < -0.3 is 9.47 Å². The van der Waals surface area contributed by atoms with Gasteiger partial charge in [-0.2, -0.15) is 13.2 Å². The Balaban J connectivity index is 1.50. The molecule has 1 aliphatic heterocycles. The quantitative estimate of drug-likeness (QED) is 0.330. The highest BCUT2D eigenvalue weighted by Gasteiger charge is 2.33. The maximum absolute atomic E-state index is 13.7. The summed E-state index contributed by atoms with van der Waals surface area (Å²) < 4.78 is 41.5. The predicted molar refractivity (Wildman–Crippen MR) is 125 cm³/mol. The number of hydrogen-bond donors (Lipinski definition) is 0. The number of benzene rings is 3. The average molecular weight is 460 g/mol. The maximum Gasteiger partial charge on any atom is 0.416 e. The Hall–Kier alpha value is -3.80. The van der Waals surface area contributed by atoms with Crippen molar-refractivity contribution in [3.63, 3.8) is 0 Å². The highest BCUT2D eigenvalue weighted by molar-refractivity contribution is 5.95. The summed E-state index contributed by atoms with van der Waals surface area (Å²) in [5.74, 6) is -0.140. The summed E-state index contributed by atoms with van der Waals surface area (Å²) in [6.07, 6.45) is -1.69. The van der Waals surface area contributed by atoms with E-state index in [2.05, 4.69) is 4.57 Å². The number of alkyl halides is 3.